The first kappa shape index (κ1) is 20.2. The van der Waals surface area contributed by atoms with Crippen molar-refractivity contribution in [1.29, 1.82) is 0 Å². The van der Waals surface area contributed by atoms with Crippen molar-refractivity contribution in [2.45, 2.75) is 6.92 Å². The molecule has 4 rings (SSSR count). The van der Waals surface area contributed by atoms with E-state index in [4.69, 9.17) is 30.6 Å². The smallest absolute Gasteiger partial charge is 0.391 e. The minimum Gasteiger partial charge on any atom is -0.427 e. The van der Waals surface area contributed by atoms with Gasteiger partial charge in [0.05, 0.1) is 16.1 Å². The van der Waals surface area contributed by atoms with E-state index in [1.165, 1.54) is 0 Å². The summed E-state index contributed by atoms with van der Waals surface area (Å²) in [6.45, 7) is 1.79. The van der Waals surface area contributed by atoms with Gasteiger partial charge in [0.25, 0.3) is 6.01 Å². The lowest BCUT2D eigenvalue weighted by Gasteiger charge is -2.10. The molecule has 0 atom stereocenters. The van der Waals surface area contributed by atoms with Crippen LogP contribution in [0.25, 0.3) is 11.0 Å². The van der Waals surface area contributed by atoms with E-state index in [1.807, 2.05) is 30.3 Å². The van der Waals surface area contributed by atoms with Crippen molar-refractivity contribution >= 4 is 31.2 Å². The molecule has 0 aliphatic heterocycles. The average molecular weight is 439 g/mol. The highest BCUT2D eigenvalue weighted by atomic mass is 35.5. The van der Waals surface area contributed by atoms with Gasteiger partial charge in [0, 0.05) is 17.2 Å². The van der Waals surface area contributed by atoms with Gasteiger partial charge in [0.2, 0.25) is 0 Å². The van der Waals surface area contributed by atoms with Crippen LogP contribution in [0.5, 0.6) is 17.5 Å². The highest BCUT2D eigenvalue weighted by molar-refractivity contribution is 7.39. The molecule has 6 nitrogen and oxygen atoms in total. The fourth-order valence-electron chi connectivity index (χ4n) is 2.75. The number of H-pyrrole nitrogens is 1. The molecule has 1 aromatic heterocycles. The van der Waals surface area contributed by atoms with Crippen LogP contribution in [0.2, 0.25) is 5.02 Å². The summed E-state index contributed by atoms with van der Waals surface area (Å²) in [6.07, 6.45) is 0. The highest BCUT2D eigenvalue weighted by Gasteiger charge is 2.11. The van der Waals surface area contributed by atoms with Crippen molar-refractivity contribution in [2.75, 3.05) is 0 Å². The van der Waals surface area contributed by atoms with Crippen LogP contribution in [-0.4, -0.2) is 19.8 Å². The molecular weight excluding hydrogens is 423 g/mol. The zero-order chi connectivity index (χ0) is 21.1. The minimum absolute atomic E-state index is 0.263. The zero-order valence-electron chi connectivity index (χ0n) is 15.8. The van der Waals surface area contributed by atoms with Gasteiger partial charge in [-0.15, -0.1) is 0 Å². The summed E-state index contributed by atoms with van der Waals surface area (Å²) in [5.74, 6) is 6.91. The molecule has 150 valence electrons. The molecule has 0 saturated carbocycles. The maximum Gasteiger partial charge on any atom is 0.391 e. The Balaban J connectivity index is 1.61. The van der Waals surface area contributed by atoms with Crippen LogP contribution in [0.3, 0.4) is 0 Å². The van der Waals surface area contributed by atoms with Crippen LogP contribution in [0, 0.1) is 18.8 Å². The van der Waals surface area contributed by atoms with Crippen molar-refractivity contribution in [3.8, 4) is 29.4 Å². The number of fused-ring (bicyclic) bond motifs is 1. The van der Waals surface area contributed by atoms with E-state index in [2.05, 4.69) is 21.8 Å². The van der Waals surface area contributed by atoms with Crippen LogP contribution in [0.1, 0.15) is 16.7 Å². The molecule has 0 aliphatic rings. The number of aryl methyl sites for hydroxylation is 1. The van der Waals surface area contributed by atoms with Crippen molar-refractivity contribution in [3.63, 3.8) is 0 Å². The van der Waals surface area contributed by atoms with Gasteiger partial charge >= 0.3 is 8.60 Å². The van der Waals surface area contributed by atoms with Gasteiger partial charge in [-0.2, -0.15) is 4.98 Å². The fourth-order valence-corrected chi connectivity index (χ4v) is 3.34. The number of aromatic nitrogens is 2. The van der Waals surface area contributed by atoms with Crippen LogP contribution < -0.4 is 9.26 Å². The Morgan fingerprint density at radius 1 is 1.03 bits per heavy atom. The summed E-state index contributed by atoms with van der Waals surface area (Å²) in [5.41, 5.74) is 3.67. The maximum atomic E-state index is 9.09. The van der Waals surface area contributed by atoms with Gasteiger partial charge in [-0.1, -0.05) is 47.7 Å². The summed E-state index contributed by atoms with van der Waals surface area (Å²) in [7, 11) is -2.52. The first-order valence-electron chi connectivity index (χ1n) is 8.88. The van der Waals surface area contributed by atoms with Crippen molar-refractivity contribution in [2.24, 2.45) is 0 Å². The average Bonchev–Trinajstić information content (AvgIpc) is 3.10. The van der Waals surface area contributed by atoms with E-state index in [9.17, 15) is 0 Å². The van der Waals surface area contributed by atoms with Gasteiger partial charge in [-0.05, 0) is 42.8 Å². The summed E-state index contributed by atoms with van der Waals surface area (Å²) in [6, 6.07) is 18.5. The Bertz CT molecular complexity index is 1260. The molecule has 0 fully saturated rings. The van der Waals surface area contributed by atoms with E-state index < -0.39 is 8.60 Å². The third-order valence-corrected chi connectivity index (χ3v) is 4.89. The molecule has 4 aromatic rings. The highest BCUT2D eigenvalue weighted by Crippen LogP contribution is 2.35. The second-order valence-corrected chi connectivity index (χ2v) is 7.48. The van der Waals surface area contributed by atoms with Crippen LogP contribution >= 0.6 is 20.2 Å². The molecule has 1 heterocycles. The third kappa shape index (κ3) is 4.73. The van der Waals surface area contributed by atoms with Crippen LogP contribution in [0.4, 0.5) is 0 Å². The lowest BCUT2D eigenvalue weighted by atomic mass is 10.1. The molecular formula is C22H16ClN2O4P. The van der Waals surface area contributed by atoms with E-state index in [0.29, 0.717) is 33.1 Å². The number of halogens is 1. The number of benzene rings is 3. The molecule has 0 saturated heterocycles. The summed E-state index contributed by atoms with van der Waals surface area (Å²) in [5, 5.41) is 0.506. The minimum atomic E-state index is -2.52. The molecule has 0 radical (unpaired) electrons. The van der Waals surface area contributed by atoms with E-state index in [0.717, 1.165) is 11.1 Å². The standard InChI is InChI=1S/C22H16ClN2O4P/c1-14-7-10-17(12-21(14)29-30(26)27)28-22-24-19-11-16(18(23)13-20(19)25-22)9-8-15-5-3-2-4-6-15/h2-7,10-13,26-27H,1H3,(H,24,25). The number of hydrogen-bond acceptors (Lipinski definition) is 5. The predicted molar refractivity (Wildman–Crippen MR) is 117 cm³/mol. The van der Waals surface area contributed by atoms with E-state index in [-0.39, 0.29) is 6.01 Å². The number of nitrogens with zero attached hydrogens (tertiary/aromatic N) is 1. The second-order valence-electron chi connectivity index (χ2n) is 6.38. The van der Waals surface area contributed by atoms with Crippen LogP contribution in [-0.2, 0) is 0 Å². The SMILES string of the molecule is Cc1ccc(Oc2nc3cc(C#Cc4ccccc4)c(Cl)cc3[nH]2)cc1OP(O)O. The summed E-state index contributed by atoms with van der Waals surface area (Å²) in [4.78, 5) is 25.7. The number of aromatic amines is 1. The largest absolute Gasteiger partial charge is 0.427 e. The summed E-state index contributed by atoms with van der Waals surface area (Å²) >= 11 is 6.37. The van der Waals surface area contributed by atoms with Gasteiger partial charge in [-0.3, -0.25) is 0 Å². The van der Waals surface area contributed by atoms with Crippen molar-refractivity contribution < 1.29 is 19.0 Å². The Labute approximate surface area is 179 Å². The van der Waals surface area contributed by atoms with E-state index >= 15 is 0 Å². The zero-order valence-corrected chi connectivity index (χ0v) is 17.4. The molecule has 0 aliphatic carbocycles. The molecule has 3 aromatic carbocycles. The Hall–Kier alpha value is -3.07. The normalized spacial score (nSPS) is 10.7. The Kier molecular flexibility index (Phi) is 5.89. The van der Waals surface area contributed by atoms with Gasteiger partial charge < -0.3 is 24.0 Å². The molecule has 3 N–H and O–H groups in total. The molecule has 30 heavy (non-hydrogen) atoms. The summed E-state index contributed by atoms with van der Waals surface area (Å²) < 4.78 is 10.8. The quantitative estimate of drug-likeness (QED) is 0.297. The first-order chi connectivity index (χ1) is 14.5. The maximum absolute atomic E-state index is 9.09. The second kappa shape index (κ2) is 8.74. The Morgan fingerprint density at radius 2 is 1.83 bits per heavy atom. The Morgan fingerprint density at radius 3 is 2.60 bits per heavy atom. The monoisotopic (exact) mass is 438 g/mol. The number of nitrogens with one attached hydrogen (secondary N) is 1. The van der Waals surface area contributed by atoms with Crippen LogP contribution in [0.15, 0.2) is 60.7 Å². The number of hydrogen-bond donors (Lipinski definition) is 3. The number of imidazole rings is 1. The number of rotatable bonds is 4. The molecule has 0 unspecified atom stereocenters. The van der Waals surface area contributed by atoms with Gasteiger partial charge in [0.15, 0.2) is 0 Å². The van der Waals surface area contributed by atoms with Gasteiger partial charge in [0.1, 0.15) is 11.5 Å². The number of ether oxygens (including phenoxy) is 1. The van der Waals surface area contributed by atoms with Gasteiger partial charge in [-0.25, -0.2) is 0 Å². The third-order valence-electron chi connectivity index (χ3n) is 4.22. The fraction of sp³-hybridized carbons (Fsp3) is 0.0455. The molecule has 8 heteroatoms. The topological polar surface area (TPSA) is 87.6 Å². The van der Waals surface area contributed by atoms with E-state index in [1.54, 1.807) is 37.3 Å². The predicted octanol–water partition coefficient (Wildman–Crippen LogP) is 5.31. The first-order valence-corrected chi connectivity index (χ1v) is 10.4. The lowest BCUT2D eigenvalue weighted by Crippen LogP contribution is -1.91. The van der Waals surface area contributed by atoms with Crippen molar-refractivity contribution in [3.05, 3.63) is 82.4 Å². The molecule has 0 amide bonds. The van der Waals surface area contributed by atoms with Crippen molar-refractivity contribution in [1.82, 2.24) is 9.97 Å². The lowest BCUT2D eigenvalue weighted by molar-refractivity contribution is 0.372. The molecule has 0 spiro atoms. The molecule has 0 bridgehead atoms.